The molecule has 0 spiro atoms. The predicted molar refractivity (Wildman–Crippen MR) is 57.3 cm³/mol. The lowest BCUT2D eigenvalue weighted by Crippen LogP contribution is -2.36. The van der Waals surface area contributed by atoms with E-state index in [1.54, 1.807) is 0 Å². The predicted octanol–water partition coefficient (Wildman–Crippen LogP) is 0.922. The van der Waals surface area contributed by atoms with Crippen LogP contribution in [0.1, 0.15) is 10.4 Å². The highest BCUT2D eigenvalue weighted by atomic mass is 19.2. The van der Waals surface area contributed by atoms with E-state index in [0.29, 0.717) is 12.1 Å². The van der Waals surface area contributed by atoms with Crippen molar-refractivity contribution in [3.05, 3.63) is 35.1 Å². The molecule has 0 aliphatic rings. The summed E-state index contributed by atoms with van der Waals surface area (Å²) in [5.41, 5.74) is -0.391. The Morgan fingerprint density at radius 2 is 1.67 bits per heavy atom. The molecule has 0 fully saturated rings. The molecule has 0 saturated heterocycles. The summed E-state index contributed by atoms with van der Waals surface area (Å²) >= 11 is 0. The Kier molecular flexibility index (Phi) is 4.30. The van der Waals surface area contributed by atoms with E-state index in [1.807, 2.05) is 0 Å². The molecule has 98 valence electrons. The van der Waals surface area contributed by atoms with Crippen molar-refractivity contribution in [2.24, 2.45) is 0 Å². The molecule has 0 atom stereocenters. The van der Waals surface area contributed by atoms with Gasteiger partial charge in [-0.15, -0.1) is 0 Å². The summed E-state index contributed by atoms with van der Waals surface area (Å²) in [4.78, 5) is 23.9. The zero-order chi connectivity index (χ0) is 13.9. The topological polar surface area (TPSA) is 49.4 Å². The number of amides is 2. The Morgan fingerprint density at radius 3 is 2.11 bits per heavy atom. The SMILES string of the molecule is CN(C)C(=O)CNC(=O)c1cc(F)c(F)c(F)c1. The molecule has 0 radical (unpaired) electrons. The summed E-state index contributed by atoms with van der Waals surface area (Å²) < 4.78 is 38.4. The molecule has 0 aromatic heterocycles. The van der Waals surface area contributed by atoms with E-state index in [4.69, 9.17) is 0 Å². The van der Waals surface area contributed by atoms with Gasteiger partial charge in [0.15, 0.2) is 17.5 Å². The zero-order valence-electron chi connectivity index (χ0n) is 9.76. The van der Waals surface area contributed by atoms with Crippen LogP contribution in [0.5, 0.6) is 0 Å². The second-order valence-corrected chi connectivity index (χ2v) is 3.72. The molecule has 4 nitrogen and oxygen atoms in total. The number of nitrogens with one attached hydrogen (secondary N) is 1. The number of hydrogen-bond acceptors (Lipinski definition) is 2. The third-order valence-corrected chi connectivity index (χ3v) is 2.14. The molecule has 1 aromatic rings. The molecule has 0 heterocycles. The normalized spacial score (nSPS) is 10.1. The van der Waals surface area contributed by atoms with Crippen molar-refractivity contribution in [1.82, 2.24) is 10.2 Å². The lowest BCUT2D eigenvalue weighted by molar-refractivity contribution is -0.127. The standard InChI is InChI=1S/C11H11F3N2O2/c1-16(2)9(17)5-15-11(18)6-3-7(12)10(14)8(13)4-6/h3-4H,5H2,1-2H3,(H,15,18). The first-order valence-electron chi connectivity index (χ1n) is 4.96. The first-order valence-corrected chi connectivity index (χ1v) is 4.96. The maximum atomic E-state index is 12.9. The number of halogens is 3. The minimum atomic E-state index is -1.64. The second-order valence-electron chi connectivity index (χ2n) is 3.72. The molecule has 0 saturated carbocycles. The van der Waals surface area contributed by atoms with E-state index in [-0.39, 0.29) is 12.5 Å². The van der Waals surface area contributed by atoms with Gasteiger partial charge in [0, 0.05) is 19.7 Å². The van der Waals surface area contributed by atoms with Crippen LogP contribution in [-0.2, 0) is 4.79 Å². The first-order chi connectivity index (χ1) is 8.32. The fourth-order valence-electron chi connectivity index (χ4n) is 1.10. The van der Waals surface area contributed by atoms with Gasteiger partial charge >= 0.3 is 0 Å². The number of benzene rings is 1. The molecular formula is C11H11F3N2O2. The molecule has 7 heteroatoms. The Bertz CT molecular complexity index is 466. The van der Waals surface area contributed by atoms with Gasteiger partial charge < -0.3 is 10.2 Å². The van der Waals surface area contributed by atoms with Crippen molar-refractivity contribution in [1.29, 1.82) is 0 Å². The molecule has 0 unspecified atom stereocenters. The van der Waals surface area contributed by atoms with Crippen LogP contribution < -0.4 is 5.32 Å². The van der Waals surface area contributed by atoms with E-state index < -0.39 is 28.9 Å². The van der Waals surface area contributed by atoms with Crippen LogP contribution in [0.25, 0.3) is 0 Å². The Labute approximate surface area is 101 Å². The van der Waals surface area contributed by atoms with Crippen molar-refractivity contribution < 1.29 is 22.8 Å². The van der Waals surface area contributed by atoms with Crippen molar-refractivity contribution in [2.45, 2.75) is 0 Å². The van der Waals surface area contributed by atoms with E-state index in [9.17, 15) is 22.8 Å². The number of rotatable bonds is 3. The molecule has 1 rings (SSSR count). The van der Waals surface area contributed by atoms with Gasteiger partial charge in [0.1, 0.15) is 0 Å². The molecule has 18 heavy (non-hydrogen) atoms. The third kappa shape index (κ3) is 3.22. The minimum Gasteiger partial charge on any atom is -0.347 e. The quantitative estimate of drug-likeness (QED) is 0.822. The zero-order valence-corrected chi connectivity index (χ0v) is 9.76. The summed E-state index contributed by atoms with van der Waals surface area (Å²) in [6.45, 7) is -0.313. The van der Waals surface area contributed by atoms with Gasteiger partial charge in [-0.1, -0.05) is 0 Å². The van der Waals surface area contributed by atoms with Gasteiger partial charge in [0.25, 0.3) is 5.91 Å². The lowest BCUT2D eigenvalue weighted by atomic mass is 10.2. The van der Waals surface area contributed by atoms with Crippen LogP contribution in [0, 0.1) is 17.5 Å². The number of carbonyl (C=O) groups is 2. The molecule has 0 aliphatic carbocycles. The van der Waals surface area contributed by atoms with Crippen LogP contribution in [0.4, 0.5) is 13.2 Å². The number of likely N-dealkylation sites (N-methyl/N-ethyl adjacent to an activating group) is 1. The monoisotopic (exact) mass is 260 g/mol. The van der Waals surface area contributed by atoms with Gasteiger partial charge in [-0.3, -0.25) is 9.59 Å². The molecule has 0 aliphatic heterocycles. The lowest BCUT2D eigenvalue weighted by Gasteiger charge is -2.11. The van der Waals surface area contributed by atoms with Gasteiger partial charge in [-0.25, -0.2) is 13.2 Å². The average molecular weight is 260 g/mol. The van der Waals surface area contributed by atoms with Crippen LogP contribution in [-0.4, -0.2) is 37.4 Å². The summed E-state index contributed by atoms with van der Waals surface area (Å²) in [5.74, 6) is -5.80. The van der Waals surface area contributed by atoms with Crippen molar-refractivity contribution in [3.8, 4) is 0 Å². The number of nitrogens with zero attached hydrogens (tertiary/aromatic N) is 1. The third-order valence-electron chi connectivity index (χ3n) is 2.14. The van der Waals surface area contributed by atoms with Crippen LogP contribution in [0.3, 0.4) is 0 Å². The van der Waals surface area contributed by atoms with Crippen LogP contribution >= 0.6 is 0 Å². The van der Waals surface area contributed by atoms with Gasteiger partial charge in [0.2, 0.25) is 5.91 Å². The fourth-order valence-corrected chi connectivity index (χ4v) is 1.10. The smallest absolute Gasteiger partial charge is 0.251 e. The first kappa shape index (κ1) is 14.0. The highest BCUT2D eigenvalue weighted by Gasteiger charge is 2.15. The van der Waals surface area contributed by atoms with E-state index in [0.717, 1.165) is 0 Å². The summed E-state index contributed by atoms with van der Waals surface area (Å²) in [7, 11) is 2.98. The Balaban J connectivity index is 2.77. The van der Waals surface area contributed by atoms with Crippen LogP contribution in [0.2, 0.25) is 0 Å². The molecule has 2 amide bonds. The fraction of sp³-hybridized carbons (Fsp3) is 0.273. The average Bonchev–Trinajstić information content (AvgIpc) is 2.31. The van der Waals surface area contributed by atoms with Crippen molar-refractivity contribution in [2.75, 3.05) is 20.6 Å². The summed E-state index contributed by atoms with van der Waals surface area (Å²) in [5, 5.41) is 2.17. The second kappa shape index (κ2) is 5.52. The Morgan fingerprint density at radius 1 is 1.17 bits per heavy atom. The van der Waals surface area contributed by atoms with E-state index >= 15 is 0 Å². The number of hydrogen-bond donors (Lipinski definition) is 1. The Hall–Kier alpha value is -2.05. The molecular weight excluding hydrogens is 249 g/mol. The minimum absolute atomic E-state index is 0.313. The van der Waals surface area contributed by atoms with Gasteiger partial charge in [-0.05, 0) is 12.1 Å². The number of carbonyl (C=O) groups excluding carboxylic acids is 2. The summed E-state index contributed by atoms with van der Waals surface area (Å²) in [6.07, 6.45) is 0. The summed E-state index contributed by atoms with van der Waals surface area (Å²) in [6, 6.07) is 1.13. The van der Waals surface area contributed by atoms with Gasteiger partial charge in [0.05, 0.1) is 6.54 Å². The molecule has 0 bridgehead atoms. The molecule has 1 aromatic carbocycles. The van der Waals surface area contributed by atoms with E-state index in [2.05, 4.69) is 5.32 Å². The maximum absolute atomic E-state index is 12.9. The largest absolute Gasteiger partial charge is 0.347 e. The molecule has 1 N–H and O–H groups in total. The van der Waals surface area contributed by atoms with Crippen molar-refractivity contribution in [3.63, 3.8) is 0 Å². The van der Waals surface area contributed by atoms with Crippen molar-refractivity contribution >= 4 is 11.8 Å². The highest BCUT2D eigenvalue weighted by molar-refractivity contribution is 5.96. The van der Waals surface area contributed by atoms with E-state index in [1.165, 1.54) is 19.0 Å². The van der Waals surface area contributed by atoms with Gasteiger partial charge in [-0.2, -0.15) is 0 Å². The van der Waals surface area contributed by atoms with Crippen LogP contribution in [0.15, 0.2) is 12.1 Å². The highest BCUT2D eigenvalue weighted by Crippen LogP contribution is 2.13. The maximum Gasteiger partial charge on any atom is 0.251 e.